The molecule has 8 heteroatoms. The predicted molar refractivity (Wildman–Crippen MR) is 125 cm³/mol. The molecule has 1 aromatic rings. The van der Waals surface area contributed by atoms with Crippen molar-refractivity contribution in [3.05, 3.63) is 38.4 Å². The fraction of sp³-hybridized carbons (Fsp3) is 0.708. The second-order valence-corrected chi connectivity index (χ2v) is 8.37. The van der Waals surface area contributed by atoms with Crippen molar-refractivity contribution in [1.82, 2.24) is 0 Å². The molecule has 1 rings (SSSR count). The molecule has 8 nitrogen and oxygen atoms in total. The fourth-order valence-corrected chi connectivity index (χ4v) is 3.66. The third-order valence-electron chi connectivity index (χ3n) is 5.51. The van der Waals surface area contributed by atoms with Crippen LogP contribution in [0.5, 0.6) is 5.75 Å². The molecule has 0 aliphatic carbocycles. The quantitative estimate of drug-likeness (QED) is 0.0702. The van der Waals surface area contributed by atoms with Crippen LogP contribution in [0.25, 0.3) is 0 Å². The lowest BCUT2D eigenvalue weighted by molar-refractivity contribution is -0.394. The third kappa shape index (κ3) is 13.0. The van der Waals surface area contributed by atoms with Crippen molar-refractivity contribution in [3.63, 3.8) is 0 Å². The summed E-state index contributed by atoms with van der Waals surface area (Å²) in [6.07, 6.45) is 18.6. The fourth-order valence-electron chi connectivity index (χ4n) is 3.66. The summed E-state index contributed by atoms with van der Waals surface area (Å²) in [4.78, 5) is 32.2. The van der Waals surface area contributed by atoms with Gasteiger partial charge >= 0.3 is 5.97 Å². The maximum atomic E-state index is 11.9. The summed E-state index contributed by atoms with van der Waals surface area (Å²) in [5.74, 6) is -0.702. The topological polar surface area (TPSA) is 113 Å². The Bertz CT molecular complexity index is 675. The van der Waals surface area contributed by atoms with Crippen LogP contribution in [-0.2, 0) is 4.79 Å². The van der Waals surface area contributed by atoms with E-state index >= 15 is 0 Å². The van der Waals surface area contributed by atoms with E-state index < -0.39 is 27.2 Å². The summed E-state index contributed by atoms with van der Waals surface area (Å²) in [7, 11) is 0. The number of rotatable bonds is 19. The van der Waals surface area contributed by atoms with Gasteiger partial charge in [0.1, 0.15) is 5.75 Å². The standard InChI is InChI=1S/C24H38N2O6/c1-2-3-4-5-6-7-8-9-10-11-12-13-14-15-16-17-24(27)32-23-19-21(25(28)29)18-22(20-23)26(30)31/h18-20H,2-17H2,1H3. The lowest BCUT2D eigenvalue weighted by Crippen LogP contribution is -2.08. The Morgan fingerprint density at radius 2 is 1.06 bits per heavy atom. The summed E-state index contributed by atoms with van der Waals surface area (Å²) in [6.45, 7) is 2.24. The van der Waals surface area contributed by atoms with Crippen LogP contribution in [0, 0.1) is 20.2 Å². The second kappa shape index (κ2) is 17.1. The van der Waals surface area contributed by atoms with Gasteiger partial charge in [0.2, 0.25) is 0 Å². The second-order valence-electron chi connectivity index (χ2n) is 8.37. The number of unbranched alkanes of at least 4 members (excludes halogenated alkanes) is 14. The van der Waals surface area contributed by atoms with Crippen molar-refractivity contribution in [1.29, 1.82) is 0 Å². The van der Waals surface area contributed by atoms with E-state index in [9.17, 15) is 25.0 Å². The van der Waals surface area contributed by atoms with Gasteiger partial charge in [0.25, 0.3) is 11.4 Å². The number of non-ortho nitro benzene ring substituents is 2. The predicted octanol–water partition coefficient (Wildman–Crippen LogP) is 7.67. The SMILES string of the molecule is CCCCCCCCCCCCCCCCCC(=O)Oc1cc([N+](=O)[O-])cc([N+](=O)[O-])c1. The van der Waals surface area contributed by atoms with Crippen molar-refractivity contribution in [2.24, 2.45) is 0 Å². The van der Waals surface area contributed by atoms with E-state index in [0.29, 0.717) is 6.42 Å². The highest BCUT2D eigenvalue weighted by molar-refractivity contribution is 5.73. The van der Waals surface area contributed by atoms with Gasteiger partial charge in [0.05, 0.1) is 28.0 Å². The van der Waals surface area contributed by atoms with Crippen molar-refractivity contribution in [3.8, 4) is 5.75 Å². The van der Waals surface area contributed by atoms with Crippen molar-refractivity contribution in [2.75, 3.05) is 0 Å². The van der Waals surface area contributed by atoms with Gasteiger partial charge in [0, 0.05) is 6.42 Å². The summed E-state index contributed by atoms with van der Waals surface area (Å²) < 4.78 is 5.07. The van der Waals surface area contributed by atoms with Gasteiger partial charge in [-0.2, -0.15) is 0 Å². The zero-order valence-corrected chi connectivity index (χ0v) is 19.4. The summed E-state index contributed by atoms with van der Waals surface area (Å²) >= 11 is 0. The Kier molecular flexibility index (Phi) is 14.7. The van der Waals surface area contributed by atoms with Gasteiger partial charge < -0.3 is 4.74 Å². The molecule has 0 atom stereocenters. The maximum Gasteiger partial charge on any atom is 0.311 e. The van der Waals surface area contributed by atoms with Crippen LogP contribution >= 0.6 is 0 Å². The van der Waals surface area contributed by atoms with Crippen LogP contribution in [-0.4, -0.2) is 15.8 Å². The molecule has 0 spiro atoms. The van der Waals surface area contributed by atoms with E-state index in [1.807, 2.05) is 0 Å². The zero-order valence-electron chi connectivity index (χ0n) is 19.4. The van der Waals surface area contributed by atoms with E-state index in [-0.39, 0.29) is 12.2 Å². The number of benzene rings is 1. The number of nitro groups is 2. The molecule has 0 heterocycles. The normalized spacial score (nSPS) is 10.8. The van der Waals surface area contributed by atoms with E-state index in [1.165, 1.54) is 70.6 Å². The highest BCUT2D eigenvalue weighted by atomic mass is 16.6. The van der Waals surface area contributed by atoms with E-state index in [2.05, 4.69) is 6.92 Å². The largest absolute Gasteiger partial charge is 0.426 e. The third-order valence-corrected chi connectivity index (χ3v) is 5.51. The Morgan fingerprint density at radius 1 is 0.688 bits per heavy atom. The number of nitro benzene ring substituents is 2. The highest BCUT2D eigenvalue weighted by Crippen LogP contribution is 2.27. The van der Waals surface area contributed by atoms with Crippen molar-refractivity contribution < 1.29 is 19.4 Å². The molecule has 0 saturated carbocycles. The lowest BCUT2D eigenvalue weighted by Gasteiger charge is -2.05. The number of esters is 1. The lowest BCUT2D eigenvalue weighted by atomic mass is 10.0. The van der Waals surface area contributed by atoms with Crippen LogP contribution in [0.1, 0.15) is 110 Å². The Labute approximate surface area is 191 Å². The molecular weight excluding hydrogens is 412 g/mol. The van der Waals surface area contributed by atoms with Crippen LogP contribution in [0.3, 0.4) is 0 Å². The molecule has 0 aliphatic heterocycles. The van der Waals surface area contributed by atoms with Gasteiger partial charge in [-0.15, -0.1) is 0 Å². The molecule has 0 unspecified atom stereocenters. The Hall–Kier alpha value is -2.51. The number of carbonyl (C=O) groups excluding carboxylic acids is 1. The summed E-state index contributed by atoms with van der Waals surface area (Å²) in [6, 6.07) is 2.89. The van der Waals surface area contributed by atoms with Gasteiger partial charge in [-0.1, -0.05) is 96.8 Å². The highest BCUT2D eigenvalue weighted by Gasteiger charge is 2.18. The average molecular weight is 451 g/mol. The van der Waals surface area contributed by atoms with Crippen LogP contribution in [0.4, 0.5) is 11.4 Å². The van der Waals surface area contributed by atoms with Crippen molar-refractivity contribution in [2.45, 2.75) is 110 Å². The monoisotopic (exact) mass is 450 g/mol. The number of hydrogen-bond donors (Lipinski definition) is 0. The first-order valence-electron chi connectivity index (χ1n) is 12.1. The molecule has 0 saturated heterocycles. The average Bonchev–Trinajstić information content (AvgIpc) is 2.76. The number of ether oxygens (including phenoxy) is 1. The zero-order chi connectivity index (χ0) is 23.6. The molecule has 0 aliphatic rings. The van der Waals surface area contributed by atoms with Crippen LogP contribution in [0.2, 0.25) is 0 Å². The van der Waals surface area contributed by atoms with Crippen LogP contribution < -0.4 is 4.74 Å². The first kappa shape index (κ1) is 27.5. The smallest absolute Gasteiger partial charge is 0.311 e. The molecular formula is C24H38N2O6. The minimum atomic E-state index is -0.751. The van der Waals surface area contributed by atoms with Gasteiger partial charge in [0.15, 0.2) is 0 Å². The molecule has 180 valence electrons. The maximum absolute atomic E-state index is 11.9. The minimum absolute atomic E-state index is 0.170. The molecule has 0 bridgehead atoms. The molecule has 0 amide bonds. The molecule has 0 radical (unpaired) electrons. The molecule has 1 aromatic carbocycles. The minimum Gasteiger partial charge on any atom is -0.426 e. The van der Waals surface area contributed by atoms with Crippen LogP contribution in [0.15, 0.2) is 18.2 Å². The van der Waals surface area contributed by atoms with Gasteiger partial charge in [-0.25, -0.2) is 0 Å². The molecule has 0 fully saturated rings. The summed E-state index contributed by atoms with van der Waals surface area (Å²) in [5, 5.41) is 21.8. The van der Waals surface area contributed by atoms with Gasteiger partial charge in [-0.3, -0.25) is 25.0 Å². The molecule has 0 N–H and O–H groups in total. The number of nitrogens with zero attached hydrogens (tertiary/aromatic N) is 2. The Balaban J connectivity index is 2.07. The number of hydrogen-bond acceptors (Lipinski definition) is 6. The molecule has 0 aromatic heterocycles. The van der Waals surface area contributed by atoms with E-state index in [0.717, 1.165) is 37.5 Å². The van der Waals surface area contributed by atoms with Gasteiger partial charge in [-0.05, 0) is 6.42 Å². The van der Waals surface area contributed by atoms with E-state index in [1.54, 1.807) is 0 Å². The number of carbonyl (C=O) groups is 1. The Morgan fingerprint density at radius 3 is 1.44 bits per heavy atom. The first-order valence-corrected chi connectivity index (χ1v) is 12.1. The van der Waals surface area contributed by atoms with Crippen molar-refractivity contribution >= 4 is 17.3 Å². The van der Waals surface area contributed by atoms with E-state index in [4.69, 9.17) is 4.74 Å². The summed E-state index contributed by atoms with van der Waals surface area (Å²) in [5.41, 5.74) is -0.956. The first-order chi connectivity index (χ1) is 15.4. The molecule has 32 heavy (non-hydrogen) atoms.